The van der Waals surface area contributed by atoms with E-state index < -0.39 is 0 Å². The predicted molar refractivity (Wildman–Crippen MR) is 121 cm³/mol. The lowest BCUT2D eigenvalue weighted by Crippen LogP contribution is -2.38. The Labute approximate surface area is 186 Å². The Morgan fingerprint density at radius 1 is 0.906 bits per heavy atom. The SMILES string of the molecule is CN(Cc1ccccc1)C(=O)NCCC(=O)Nc1ccccc1C(=O)NCc1ccco1. The number of para-hydroxylation sites is 1. The summed E-state index contributed by atoms with van der Waals surface area (Å²) in [5.74, 6) is 0.00303. The summed E-state index contributed by atoms with van der Waals surface area (Å²) in [4.78, 5) is 38.6. The van der Waals surface area contributed by atoms with E-state index in [9.17, 15) is 14.4 Å². The van der Waals surface area contributed by atoms with E-state index in [4.69, 9.17) is 4.42 Å². The van der Waals surface area contributed by atoms with Crippen molar-refractivity contribution in [1.29, 1.82) is 0 Å². The van der Waals surface area contributed by atoms with Crippen LogP contribution in [0.25, 0.3) is 0 Å². The summed E-state index contributed by atoms with van der Waals surface area (Å²) in [5.41, 5.74) is 1.77. The molecule has 4 amide bonds. The first-order valence-corrected chi connectivity index (χ1v) is 10.3. The van der Waals surface area contributed by atoms with Crippen molar-refractivity contribution < 1.29 is 18.8 Å². The highest BCUT2D eigenvalue weighted by atomic mass is 16.3. The van der Waals surface area contributed by atoms with E-state index in [1.54, 1.807) is 48.3 Å². The van der Waals surface area contributed by atoms with E-state index in [0.717, 1.165) is 5.56 Å². The maximum atomic E-state index is 12.5. The second-order valence-corrected chi connectivity index (χ2v) is 7.18. The summed E-state index contributed by atoms with van der Waals surface area (Å²) in [6.45, 7) is 0.895. The molecule has 3 N–H and O–H groups in total. The number of hydrogen-bond acceptors (Lipinski definition) is 4. The second-order valence-electron chi connectivity index (χ2n) is 7.18. The van der Waals surface area contributed by atoms with Gasteiger partial charge in [-0.25, -0.2) is 4.79 Å². The molecule has 1 heterocycles. The van der Waals surface area contributed by atoms with E-state index in [-0.39, 0.29) is 37.4 Å². The van der Waals surface area contributed by atoms with Gasteiger partial charge in [-0.05, 0) is 29.8 Å². The first-order chi connectivity index (χ1) is 15.5. The van der Waals surface area contributed by atoms with Gasteiger partial charge < -0.3 is 25.3 Å². The predicted octanol–water partition coefficient (Wildman–Crippen LogP) is 3.38. The van der Waals surface area contributed by atoms with Crippen LogP contribution < -0.4 is 16.0 Å². The number of amides is 4. The molecule has 32 heavy (non-hydrogen) atoms. The lowest BCUT2D eigenvalue weighted by Gasteiger charge is -2.18. The molecule has 0 bridgehead atoms. The van der Waals surface area contributed by atoms with Crippen LogP contribution in [0.2, 0.25) is 0 Å². The Morgan fingerprint density at radius 3 is 2.41 bits per heavy atom. The highest BCUT2D eigenvalue weighted by Crippen LogP contribution is 2.15. The van der Waals surface area contributed by atoms with Gasteiger partial charge in [-0.2, -0.15) is 0 Å². The van der Waals surface area contributed by atoms with Crippen molar-refractivity contribution in [2.45, 2.75) is 19.5 Å². The van der Waals surface area contributed by atoms with Gasteiger partial charge in [-0.15, -0.1) is 0 Å². The Hall–Kier alpha value is -4.07. The van der Waals surface area contributed by atoms with Crippen molar-refractivity contribution in [3.05, 3.63) is 89.9 Å². The maximum absolute atomic E-state index is 12.5. The molecule has 3 rings (SSSR count). The summed E-state index contributed by atoms with van der Waals surface area (Å²) in [7, 11) is 1.69. The molecule has 0 aliphatic heterocycles. The van der Waals surface area contributed by atoms with Crippen molar-refractivity contribution in [3.63, 3.8) is 0 Å². The highest BCUT2D eigenvalue weighted by Gasteiger charge is 2.14. The Morgan fingerprint density at radius 2 is 1.66 bits per heavy atom. The lowest BCUT2D eigenvalue weighted by molar-refractivity contribution is -0.116. The number of carbonyl (C=O) groups excluding carboxylic acids is 3. The third-order valence-electron chi connectivity index (χ3n) is 4.69. The van der Waals surface area contributed by atoms with Crippen molar-refractivity contribution >= 4 is 23.5 Å². The van der Waals surface area contributed by atoms with E-state index in [0.29, 0.717) is 23.6 Å². The number of carbonyl (C=O) groups is 3. The molecule has 0 saturated heterocycles. The Balaban J connectivity index is 1.45. The minimum absolute atomic E-state index is 0.0767. The largest absolute Gasteiger partial charge is 0.467 e. The average molecular weight is 434 g/mol. The minimum atomic E-state index is -0.326. The number of urea groups is 1. The second kappa shape index (κ2) is 11.4. The van der Waals surface area contributed by atoms with Gasteiger partial charge in [0.05, 0.1) is 24.1 Å². The molecule has 2 aromatic carbocycles. The summed E-state index contributed by atoms with van der Waals surface area (Å²) < 4.78 is 5.21. The third-order valence-corrected chi connectivity index (χ3v) is 4.69. The number of anilines is 1. The zero-order chi connectivity index (χ0) is 22.8. The first kappa shape index (κ1) is 22.6. The van der Waals surface area contributed by atoms with Crippen LogP contribution in [-0.2, 0) is 17.9 Å². The van der Waals surface area contributed by atoms with E-state index in [1.165, 1.54) is 6.26 Å². The molecule has 0 saturated carbocycles. The molecule has 1 aromatic heterocycles. The molecular weight excluding hydrogens is 408 g/mol. The third kappa shape index (κ3) is 6.73. The molecule has 0 aliphatic rings. The molecule has 0 unspecified atom stereocenters. The zero-order valence-corrected chi connectivity index (χ0v) is 17.8. The van der Waals surface area contributed by atoms with Crippen molar-refractivity contribution in [3.8, 4) is 0 Å². The van der Waals surface area contributed by atoms with Gasteiger partial charge in [0.15, 0.2) is 0 Å². The zero-order valence-electron chi connectivity index (χ0n) is 17.8. The van der Waals surface area contributed by atoms with Gasteiger partial charge in [-0.1, -0.05) is 42.5 Å². The van der Waals surface area contributed by atoms with Crippen molar-refractivity contribution in [2.24, 2.45) is 0 Å². The van der Waals surface area contributed by atoms with Crippen LogP contribution in [0.15, 0.2) is 77.4 Å². The molecule has 0 atom stereocenters. The fraction of sp³-hybridized carbons (Fsp3) is 0.208. The molecule has 0 fully saturated rings. The van der Waals surface area contributed by atoms with Crippen LogP contribution >= 0.6 is 0 Å². The van der Waals surface area contributed by atoms with E-state index in [2.05, 4.69) is 16.0 Å². The fourth-order valence-corrected chi connectivity index (χ4v) is 3.03. The maximum Gasteiger partial charge on any atom is 0.317 e. The van der Waals surface area contributed by atoms with Crippen LogP contribution in [0.4, 0.5) is 10.5 Å². The van der Waals surface area contributed by atoms with Crippen molar-refractivity contribution in [1.82, 2.24) is 15.5 Å². The molecule has 166 valence electrons. The average Bonchev–Trinajstić information content (AvgIpc) is 3.32. The molecule has 0 radical (unpaired) electrons. The molecule has 0 aliphatic carbocycles. The molecule has 8 nitrogen and oxygen atoms in total. The molecule has 3 aromatic rings. The van der Waals surface area contributed by atoms with Gasteiger partial charge in [-0.3, -0.25) is 9.59 Å². The van der Waals surface area contributed by atoms with Gasteiger partial charge >= 0.3 is 6.03 Å². The van der Waals surface area contributed by atoms with Crippen LogP contribution in [0, 0.1) is 0 Å². The van der Waals surface area contributed by atoms with Crippen LogP contribution in [0.1, 0.15) is 28.1 Å². The number of hydrogen-bond donors (Lipinski definition) is 3. The fourth-order valence-electron chi connectivity index (χ4n) is 3.03. The van der Waals surface area contributed by atoms with E-state index >= 15 is 0 Å². The smallest absolute Gasteiger partial charge is 0.317 e. The van der Waals surface area contributed by atoms with Crippen LogP contribution in [0.5, 0.6) is 0 Å². The van der Waals surface area contributed by atoms with Crippen LogP contribution in [0.3, 0.4) is 0 Å². The summed E-state index contributed by atoms with van der Waals surface area (Å²) in [6, 6.07) is 19.6. The monoisotopic (exact) mass is 434 g/mol. The van der Waals surface area contributed by atoms with Gasteiger partial charge in [0, 0.05) is 26.6 Å². The van der Waals surface area contributed by atoms with Gasteiger partial charge in [0.2, 0.25) is 5.91 Å². The topological polar surface area (TPSA) is 104 Å². The highest BCUT2D eigenvalue weighted by molar-refractivity contribution is 6.03. The summed E-state index contributed by atoms with van der Waals surface area (Å²) in [5, 5.41) is 8.23. The van der Waals surface area contributed by atoms with Gasteiger partial charge in [0.25, 0.3) is 5.91 Å². The normalized spacial score (nSPS) is 10.3. The number of nitrogens with one attached hydrogen (secondary N) is 3. The Kier molecular flexibility index (Phi) is 8.02. The summed E-state index contributed by atoms with van der Waals surface area (Å²) in [6.07, 6.45) is 1.61. The molecule has 0 spiro atoms. The Bertz CT molecular complexity index is 1040. The first-order valence-electron chi connectivity index (χ1n) is 10.3. The number of benzene rings is 2. The van der Waals surface area contributed by atoms with Crippen LogP contribution in [-0.4, -0.2) is 36.3 Å². The number of furan rings is 1. The standard InChI is InChI=1S/C24H26N4O4/c1-28(17-18-8-3-2-4-9-18)24(31)25-14-13-22(29)27-21-12-6-5-11-20(21)23(30)26-16-19-10-7-15-32-19/h2-12,15H,13-14,16-17H2,1H3,(H,25,31)(H,26,30)(H,27,29). The molecular formula is C24H26N4O4. The molecule has 8 heteroatoms. The van der Waals surface area contributed by atoms with E-state index in [1.807, 2.05) is 30.3 Å². The summed E-state index contributed by atoms with van der Waals surface area (Å²) >= 11 is 0. The van der Waals surface area contributed by atoms with Crippen molar-refractivity contribution in [2.75, 3.05) is 18.9 Å². The number of nitrogens with zero attached hydrogens (tertiary/aromatic N) is 1. The quantitative estimate of drug-likeness (QED) is 0.480. The number of rotatable bonds is 9. The lowest BCUT2D eigenvalue weighted by atomic mass is 10.1. The minimum Gasteiger partial charge on any atom is -0.467 e. The van der Waals surface area contributed by atoms with Gasteiger partial charge in [0.1, 0.15) is 5.76 Å².